The van der Waals surface area contributed by atoms with Gasteiger partial charge >= 0.3 is 5.97 Å². The van der Waals surface area contributed by atoms with E-state index < -0.39 is 54.0 Å². The summed E-state index contributed by atoms with van der Waals surface area (Å²) in [5.41, 5.74) is 5.52. The fraction of sp³-hybridized carbons (Fsp3) is 0.810. The summed E-state index contributed by atoms with van der Waals surface area (Å²) in [4.78, 5) is 49.6. The van der Waals surface area contributed by atoms with Gasteiger partial charge in [-0.25, -0.2) is 4.79 Å². The minimum atomic E-state index is -1.25. The van der Waals surface area contributed by atoms with E-state index in [1.165, 1.54) is 6.92 Å². The van der Waals surface area contributed by atoms with Gasteiger partial charge in [0.25, 0.3) is 0 Å². The molecule has 11 nitrogen and oxygen atoms in total. The molecule has 0 aromatic rings. The normalized spacial score (nSPS) is 19.6. The second-order valence-corrected chi connectivity index (χ2v) is 8.75. The van der Waals surface area contributed by atoms with Crippen LogP contribution in [0.1, 0.15) is 59.3 Å². The van der Waals surface area contributed by atoms with E-state index in [9.17, 15) is 29.4 Å². The van der Waals surface area contributed by atoms with Crippen LogP contribution in [0.15, 0.2) is 0 Å². The van der Waals surface area contributed by atoms with Gasteiger partial charge in [-0.3, -0.25) is 14.4 Å². The van der Waals surface area contributed by atoms with Gasteiger partial charge in [0.15, 0.2) is 0 Å². The zero-order valence-corrected chi connectivity index (χ0v) is 19.2. The Hall–Kier alpha value is -2.24. The van der Waals surface area contributed by atoms with Crippen molar-refractivity contribution in [1.29, 1.82) is 0 Å². The van der Waals surface area contributed by atoms with Gasteiger partial charge in [-0.05, 0) is 64.5 Å². The quantitative estimate of drug-likeness (QED) is 0.159. The van der Waals surface area contributed by atoms with Crippen molar-refractivity contribution < 1.29 is 29.4 Å². The molecule has 0 bridgehead atoms. The fourth-order valence-corrected chi connectivity index (χ4v) is 3.56. The Kier molecular flexibility index (Phi) is 12.2. The minimum absolute atomic E-state index is 0.0423. The largest absolute Gasteiger partial charge is 0.480 e. The molecule has 1 heterocycles. The van der Waals surface area contributed by atoms with E-state index in [-0.39, 0.29) is 18.8 Å². The van der Waals surface area contributed by atoms with E-state index in [2.05, 4.69) is 21.3 Å². The van der Waals surface area contributed by atoms with Crippen LogP contribution in [0.4, 0.5) is 0 Å². The standard InChI is InChI=1S/C21H39N5O6/c1-12(2)11-16(21(31)32)25-19(29)15(7-4-5-9-22)24-20(30)17(13(3)27)26-18(28)14-8-6-10-23-14/h12-17,23,27H,4-11,22H2,1-3H3,(H,24,30)(H,25,29)(H,26,28)(H,31,32). The second-order valence-electron chi connectivity index (χ2n) is 8.75. The Labute approximate surface area is 189 Å². The van der Waals surface area contributed by atoms with E-state index in [1.807, 2.05) is 13.8 Å². The summed E-state index contributed by atoms with van der Waals surface area (Å²) in [6.45, 7) is 6.18. The smallest absolute Gasteiger partial charge is 0.326 e. The summed E-state index contributed by atoms with van der Waals surface area (Å²) >= 11 is 0. The Morgan fingerprint density at radius 1 is 1.03 bits per heavy atom. The van der Waals surface area contributed by atoms with Crippen LogP contribution in [0.3, 0.4) is 0 Å². The van der Waals surface area contributed by atoms with Gasteiger partial charge in [-0.15, -0.1) is 0 Å². The van der Waals surface area contributed by atoms with Crippen LogP contribution in [0, 0.1) is 5.92 Å². The highest BCUT2D eigenvalue weighted by Crippen LogP contribution is 2.09. The van der Waals surface area contributed by atoms with Gasteiger partial charge in [0.1, 0.15) is 18.1 Å². The number of nitrogens with two attached hydrogens (primary N) is 1. The van der Waals surface area contributed by atoms with Crippen LogP contribution in [-0.2, 0) is 19.2 Å². The number of nitrogens with one attached hydrogen (secondary N) is 4. The summed E-state index contributed by atoms with van der Waals surface area (Å²) in [5, 5.41) is 30.1. The lowest BCUT2D eigenvalue weighted by atomic mass is 10.0. The molecular weight excluding hydrogens is 418 g/mol. The Morgan fingerprint density at radius 3 is 2.19 bits per heavy atom. The number of carbonyl (C=O) groups is 4. The van der Waals surface area contributed by atoms with Gasteiger partial charge in [0.2, 0.25) is 17.7 Å². The number of carbonyl (C=O) groups excluding carboxylic acids is 3. The number of hydrogen-bond donors (Lipinski definition) is 7. The summed E-state index contributed by atoms with van der Waals surface area (Å²) in [7, 11) is 0. The molecule has 1 rings (SSSR count). The highest BCUT2D eigenvalue weighted by molar-refractivity contribution is 5.94. The van der Waals surface area contributed by atoms with Gasteiger partial charge in [0, 0.05) is 0 Å². The maximum absolute atomic E-state index is 12.9. The maximum atomic E-state index is 12.9. The van der Waals surface area contributed by atoms with Crippen LogP contribution in [0.2, 0.25) is 0 Å². The van der Waals surface area contributed by atoms with Gasteiger partial charge in [-0.2, -0.15) is 0 Å². The first kappa shape index (κ1) is 27.8. The average molecular weight is 458 g/mol. The van der Waals surface area contributed by atoms with Gasteiger partial charge < -0.3 is 37.2 Å². The van der Waals surface area contributed by atoms with Crippen molar-refractivity contribution in [2.75, 3.05) is 13.1 Å². The molecule has 184 valence electrons. The molecule has 0 radical (unpaired) electrons. The summed E-state index contributed by atoms with van der Waals surface area (Å²) in [6.07, 6.45) is 1.93. The average Bonchev–Trinajstić information content (AvgIpc) is 3.24. The lowest BCUT2D eigenvalue weighted by Gasteiger charge is -2.26. The van der Waals surface area contributed by atoms with Crippen molar-refractivity contribution in [3.63, 3.8) is 0 Å². The molecule has 1 aliphatic rings. The number of unbranched alkanes of at least 4 members (excludes halogenated alkanes) is 1. The first-order chi connectivity index (χ1) is 15.1. The first-order valence-electron chi connectivity index (χ1n) is 11.3. The van der Waals surface area contributed by atoms with E-state index in [4.69, 9.17) is 5.73 Å². The number of aliphatic carboxylic acids is 1. The summed E-state index contributed by atoms with van der Waals surface area (Å²) < 4.78 is 0. The molecule has 0 aromatic heterocycles. The van der Waals surface area contributed by atoms with Crippen molar-refractivity contribution in [2.45, 2.75) is 89.6 Å². The third kappa shape index (κ3) is 9.49. The Bertz CT molecular complexity index is 636. The zero-order chi connectivity index (χ0) is 24.3. The van der Waals surface area contributed by atoms with Crippen molar-refractivity contribution >= 4 is 23.7 Å². The number of aliphatic hydroxyl groups is 1. The number of rotatable bonds is 14. The van der Waals surface area contributed by atoms with Crippen molar-refractivity contribution in [3.8, 4) is 0 Å². The Balaban J connectivity index is 2.88. The van der Waals surface area contributed by atoms with Gasteiger partial charge in [-0.1, -0.05) is 13.8 Å². The third-order valence-corrected chi connectivity index (χ3v) is 5.34. The zero-order valence-electron chi connectivity index (χ0n) is 19.2. The van der Waals surface area contributed by atoms with Crippen molar-refractivity contribution in [3.05, 3.63) is 0 Å². The maximum Gasteiger partial charge on any atom is 0.326 e. The number of hydrogen-bond acceptors (Lipinski definition) is 7. The van der Waals surface area contributed by atoms with E-state index in [0.29, 0.717) is 32.4 Å². The summed E-state index contributed by atoms with van der Waals surface area (Å²) in [5.74, 6) is -2.85. The predicted molar refractivity (Wildman–Crippen MR) is 118 cm³/mol. The van der Waals surface area contributed by atoms with Gasteiger partial charge in [0.05, 0.1) is 12.1 Å². The number of amides is 3. The molecule has 32 heavy (non-hydrogen) atoms. The van der Waals surface area contributed by atoms with Crippen LogP contribution in [-0.4, -0.2) is 77.3 Å². The number of carboxylic acid groups (broad SMARTS) is 1. The molecule has 0 aromatic carbocycles. The fourth-order valence-electron chi connectivity index (χ4n) is 3.56. The Morgan fingerprint density at radius 2 is 1.69 bits per heavy atom. The van der Waals surface area contributed by atoms with E-state index >= 15 is 0 Å². The third-order valence-electron chi connectivity index (χ3n) is 5.34. The van der Waals surface area contributed by atoms with Crippen LogP contribution in [0.25, 0.3) is 0 Å². The highest BCUT2D eigenvalue weighted by atomic mass is 16.4. The highest BCUT2D eigenvalue weighted by Gasteiger charge is 2.33. The molecule has 1 fully saturated rings. The van der Waals surface area contributed by atoms with Crippen LogP contribution < -0.4 is 27.0 Å². The van der Waals surface area contributed by atoms with Crippen molar-refractivity contribution in [1.82, 2.24) is 21.3 Å². The lowest BCUT2D eigenvalue weighted by molar-refractivity contribution is -0.143. The van der Waals surface area contributed by atoms with Crippen molar-refractivity contribution in [2.24, 2.45) is 11.7 Å². The molecule has 5 unspecified atom stereocenters. The molecule has 3 amide bonds. The second kappa shape index (κ2) is 14.0. The molecule has 0 aliphatic carbocycles. The molecule has 1 aliphatic heterocycles. The molecule has 8 N–H and O–H groups in total. The topological polar surface area (TPSA) is 183 Å². The van der Waals surface area contributed by atoms with E-state index in [1.54, 1.807) is 0 Å². The molecule has 1 saturated heterocycles. The lowest BCUT2D eigenvalue weighted by Crippen LogP contribution is -2.59. The molecule has 0 spiro atoms. The van der Waals surface area contributed by atoms with Crippen LogP contribution >= 0.6 is 0 Å². The number of aliphatic hydroxyl groups excluding tert-OH is 1. The SMILES string of the molecule is CC(C)CC(NC(=O)C(CCCCN)NC(=O)C(NC(=O)C1CCCN1)C(C)O)C(=O)O. The predicted octanol–water partition coefficient (Wildman–Crippen LogP) is -1.17. The monoisotopic (exact) mass is 457 g/mol. The van der Waals surface area contributed by atoms with E-state index in [0.717, 1.165) is 6.42 Å². The molecule has 0 saturated carbocycles. The molecule has 5 atom stereocenters. The first-order valence-corrected chi connectivity index (χ1v) is 11.3. The number of carboxylic acids is 1. The molecule has 11 heteroatoms. The minimum Gasteiger partial charge on any atom is -0.480 e. The molecular formula is C21H39N5O6. The van der Waals surface area contributed by atoms with Crippen LogP contribution in [0.5, 0.6) is 0 Å². The summed E-state index contributed by atoms with van der Waals surface area (Å²) in [6, 6.07) is -3.79.